The maximum atomic E-state index is 8.94. The van der Waals surface area contributed by atoms with Crippen LogP contribution in [0.15, 0.2) is 36.4 Å². The van der Waals surface area contributed by atoms with E-state index in [0.29, 0.717) is 5.47 Å². The highest BCUT2D eigenvalue weighted by atomic mass is 16.4. The lowest BCUT2D eigenvalue weighted by molar-refractivity contribution is 0.419. The van der Waals surface area contributed by atoms with Crippen molar-refractivity contribution < 1.29 is 10.0 Å². The van der Waals surface area contributed by atoms with E-state index >= 15 is 0 Å². The van der Waals surface area contributed by atoms with Gasteiger partial charge in [-0.25, -0.2) is 0 Å². The van der Waals surface area contributed by atoms with Crippen molar-refractivity contribution in [3.63, 3.8) is 0 Å². The molecule has 0 bridgehead atoms. The number of rotatable bonds is 4. The Morgan fingerprint density at radius 3 is 1.83 bits per heavy atom. The molecule has 2 nitrogen and oxygen atoms in total. The van der Waals surface area contributed by atoms with Crippen molar-refractivity contribution in [1.29, 1.82) is 0 Å². The zero-order valence-corrected chi connectivity index (χ0v) is 7.62. The van der Waals surface area contributed by atoms with E-state index in [2.05, 4.69) is 13.2 Å². The van der Waals surface area contributed by atoms with Crippen molar-refractivity contribution in [3.05, 3.63) is 36.4 Å². The van der Waals surface area contributed by atoms with Gasteiger partial charge in [-0.3, -0.25) is 0 Å². The van der Waals surface area contributed by atoms with Crippen molar-refractivity contribution in [1.82, 2.24) is 0 Å². The Labute approximate surface area is 74.1 Å². The first-order valence-electron chi connectivity index (χ1n) is 3.89. The number of hydrogen-bond acceptors (Lipinski definition) is 2. The summed E-state index contributed by atoms with van der Waals surface area (Å²) in [5.41, 5.74) is 1.25. The van der Waals surface area contributed by atoms with Crippen LogP contribution in [-0.4, -0.2) is 17.2 Å². The minimum absolute atomic E-state index is 0.220. The lowest BCUT2D eigenvalue weighted by Gasteiger charge is -2.11. The van der Waals surface area contributed by atoms with Gasteiger partial charge in [0, 0.05) is 0 Å². The SMILES string of the molecule is C=C/C(B(O)O)=C(\C=C)C(C)C. The Hall–Kier alpha value is -0.795. The van der Waals surface area contributed by atoms with Gasteiger partial charge in [0.25, 0.3) is 0 Å². The van der Waals surface area contributed by atoms with Crippen molar-refractivity contribution in [3.8, 4) is 0 Å². The molecule has 0 saturated heterocycles. The van der Waals surface area contributed by atoms with E-state index in [4.69, 9.17) is 10.0 Å². The summed E-state index contributed by atoms with van der Waals surface area (Å²) in [7, 11) is -1.46. The second-order valence-corrected chi connectivity index (χ2v) is 2.85. The summed E-state index contributed by atoms with van der Waals surface area (Å²) in [5.74, 6) is 0.220. The molecule has 0 rings (SSSR count). The molecule has 3 heteroatoms. The van der Waals surface area contributed by atoms with Gasteiger partial charge in [-0.05, 0) is 17.0 Å². The van der Waals surface area contributed by atoms with Crippen LogP contribution in [-0.2, 0) is 0 Å². The maximum absolute atomic E-state index is 8.94. The molecule has 0 amide bonds. The molecule has 0 aromatic rings. The Kier molecular flexibility index (Phi) is 4.63. The summed E-state index contributed by atoms with van der Waals surface area (Å²) < 4.78 is 0. The smallest absolute Gasteiger partial charge is 0.423 e. The highest BCUT2D eigenvalue weighted by Crippen LogP contribution is 2.17. The van der Waals surface area contributed by atoms with Gasteiger partial charge in [-0.15, -0.1) is 0 Å². The second kappa shape index (κ2) is 4.96. The van der Waals surface area contributed by atoms with Gasteiger partial charge in [-0.1, -0.05) is 39.2 Å². The van der Waals surface area contributed by atoms with Crippen molar-refractivity contribution in [2.45, 2.75) is 13.8 Å². The molecule has 0 radical (unpaired) electrons. The van der Waals surface area contributed by atoms with Gasteiger partial charge in [0.15, 0.2) is 0 Å². The van der Waals surface area contributed by atoms with Crippen LogP contribution < -0.4 is 0 Å². The predicted molar refractivity (Wildman–Crippen MR) is 52.4 cm³/mol. The van der Waals surface area contributed by atoms with Crippen LogP contribution in [0.25, 0.3) is 0 Å². The Morgan fingerprint density at radius 1 is 1.25 bits per heavy atom. The lowest BCUT2D eigenvalue weighted by Crippen LogP contribution is -2.17. The molecular formula is C9H15BO2. The summed E-state index contributed by atoms with van der Waals surface area (Å²) in [5, 5.41) is 17.9. The van der Waals surface area contributed by atoms with Crippen LogP contribution in [0.3, 0.4) is 0 Å². The molecule has 0 spiro atoms. The Balaban J connectivity index is 5.00. The molecule has 2 N–H and O–H groups in total. The Bertz CT molecular complexity index is 183. The van der Waals surface area contributed by atoms with Crippen LogP contribution in [0.4, 0.5) is 0 Å². The molecule has 0 aromatic carbocycles. The second-order valence-electron chi connectivity index (χ2n) is 2.85. The summed E-state index contributed by atoms with van der Waals surface area (Å²) in [4.78, 5) is 0. The normalized spacial score (nSPS) is 12.4. The molecule has 12 heavy (non-hydrogen) atoms. The molecule has 0 aromatic heterocycles. The number of allylic oxidation sites excluding steroid dienone is 4. The van der Waals surface area contributed by atoms with Crippen LogP contribution in [0, 0.1) is 5.92 Å². The summed E-state index contributed by atoms with van der Waals surface area (Å²) >= 11 is 0. The summed E-state index contributed by atoms with van der Waals surface area (Å²) in [6.45, 7) is 11.0. The van der Waals surface area contributed by atoms with Gasteiger partial charge < -0.3 is 10.0 Å². The highest BCUT2D eigenvalue weighted by Gasteiger charge is 2.16. The molecule has 0 saturated carbocycles. The number of hydrogen-bond donors (Lipinski definition) is 2. The average molecular weight is 166 g/mol. The van der Waals surface area contributed by atoms with E-state index in [1.165, 1.54) is 6.08 Å². The molecule has 0 unspecified atom stereocenters. The fourth-order valence-electron chi connectivity index (χ4n) is 1.06. The summed E-state index contributed by atoms with van der Waals surface area (Å²) in [6.07, 6.45) is 3.07. The third-order valence-corrected chi connectivity index (χ3v) is 1.67. The van der Waals surface area contributed by atoms with E-state index in [9.17, 15) is 0 Å². The van der Waals surface area contributed by atoms with E-state index in [1.807, 2.05) is 13.8 Å². The molecule has 0 aliphatic carbocycles. The van der Waals surface area contributed by atoms with Crippen LogP contribution in [0.2, 0.25) is 0 Å². The third-order valence-electron chi connectivity index (χ3n) is 1.67. The zero-order chi connectivity index (χ0) is 9.72. The minimum Gasteiger partial charge on any atom is -0.423 e. The molecule has 0 aliphatic heterocycles. The maximum Gasteiger partial charge on any atom is 0.488 e. The van der Waals surface area contributed by atoms with Crippen molar-refractivity contribution in [2.24, 2.45) is 5.92 Å². The standard InChI is InChI=1S/C9H15BO2/c1-5-8(7(3)4)9(6-2)10(11)12/h5-7,11-12H,1-2H2,3-4H3/b9-8-. The quantitative estimate of drug-likeness (QED) is 0.488. The van der Waals surface area contributed by atoms with Crippen molar-refractivity contribution in [2.75, 3.05) is 0 Å². The minimum atomic E-state index is -1.46. The third kappa shape index (κ3) is 2.68. The van der Waals surface area contributed by atoms with Crippen molar-refractivity contribution >= 4 is 7.12 Å². The zero-order valence-electron chi connectivity index (χ0n) is 7.62. The predicted octanol–water partition coefficient (Wildman–Crippen LogP) is 1.32. The first kappa shape index (κ1) is 11.2. The van der Waals surface area contributed by atoms with E-state index in [-0.39, 0.29) is 5.92 Å². The fourth-order valence-corrected chi connectivity index (χ4v) is 1.06. The van der Waals surface area contributed by atoms with Gasteiger partial charge in [0.05, 0.1) is 0 Å². The topological polar surface area (TPSA) is 40.5 Å². The van der Waals surface area contributed by atoms with E-state index in [0.717, 1.165) is 5.57 Å². The van der Waals surface area contributed by atoms with Crippen LogP contribution in [0.1, 0.15) is 13.8 Å². The van der Waals surface area contributed by atoms with Crippen LogP contribution >= 0.6 is 0 Å². The highest BCUT2D eigenvalue weighted by molar-refractivity contribution is 6.52. The van der Waals surface area contributed by atoms with Crippen LogP contribution in [0.5, 0.6) is 0 Å². The molecule has 0 atom stereocenters. The molecule has 66 valence electrons. The molecule has 0 fully saturated rings. The molecule has 0 aliphatic rings. The summed E-state index contributed by atoms with van der Waals surface area (Å²) in [6, 6.07) is 0. The first-order valence-corrected chi connectivity index (χ1v) is 3.89. The monoisotopic (exact) mass is 166 g/mol. The van der Waals surface area contributed by atoms with Gasteiger partial charge in [0.1, 0.15) is 0 Å². The Morgan fingerprint density at radius 2 is 1.75 bits per heavy atom. The van der Waals surface area contributed by atoms with Gasteiger partial charge in [-0.2, -0.15) is 0 Å². The fraction of sp³-hybridized carbons (Fsp3) is 0.333. The lowest BCUT2D eigenvalue weighted by atomic mass is 9.74. The molecular weight excluding hydrogens is 151 g/mol. The van der Waals surface area contributed by atoms with E-state index in [1.54, 1.807) is 6.08 Å². The largest absolute Gasteiger partial charge is 0.488 e. The van der Waals surface area contributed by atoms with Gasteiger partial charge in [0.2, 0.25) is 0 Å². The average Bonchev–Trinajstić information content (AvgIpc) is 1.98. The van der Waals surface area contributed by atoms with Gasteiger partial charge >= 0.3 is 7.12 Å². The van der Waals surface area contributed by atoms with E-state index < -0.39 is 7.12 Å². The molecule has 0 heterocycles. The first-order chi connectivity index (χ1) is 5.54.